The number of fused-ring (bicyclic) bond motifs is 2. The number of amides is 2. The van der Waals surface area contributed by atoms with Gasteiger partial charge in [-0.25, -0.2) is 0 Å². The van der Waals surface area contributed by atoms with E-state index >= 15 is 0 Å². The Morgan fingerprint density at radius 3 is 2.29 bits per heavy atom. The third-order valence-corrected chi connectivity index (χ3v) is 5.61. The molecule has 5 nitrogen and oxygen atoms in total. The zero-order valence-electron chi connectivity index (χ0n) is 16.5. The second-order valence-electron chi connectivity index (χ2n) is 7.58. The summed E-state index contributed by atoms with van der Waals surface area (Å²) in [6.45, 7) is 0.268. The number of rotatable bonds is 4. The fraction of sp³-hybridized carbons (Fsp3) is 0.0385. The third-order valence-electron chi connectivity index (χ3n) is 5.61. The SMILES string of the molecule is NC(=O)c1ccc2c(c1)C(=O)C(=O)N2Cc1ccc2cc(-c3ccccc3)ccc2c1. The summed E-state index contributed by atoms with van der Waals surface area (Å²) in [7, 11) is 0. The molecule has 0 aliphatic carbocycles. The molecule has 0 bridgehead atoms. The maximum absolute atomic E-state index is 12.6. The first kappa shape index (κ1) is 18.8. The van der Waals surface area contributed by atoms with Crippen molar-refractivity contribution in [2.75, 3.05) is 4.90 Å². The van der Waals surface area contributed by atoms with E-state index in [9.17, 15) is 14.4 Å². The second-order valence-corrected chi connectivity index (χ2v) is 7.58. The van der Waals surface area contributed by atoms with Crippen LogP contribution in [0.5, 0.6) is 0 Å². The van der Waals surface area contributed by atoms with Crippen LogP contribution in [0.1, 0.15) is 26.3 Å². The zero-order valence-corrected chi connectivity index (χ0v) is 16.5. The standard InChI is InChI=1S/C26H18N2O3/c27-25(30)21-10-11-23-22(14-21)24(29)26(31)28(23)15-16-6-7-20-13-19(9-8-18(20)12-16)17-4-2-1-3-5-17/h1-14H,15H2,(H2,27,30). The van der Waals surface area contributed by atoms with E-state index in [1.54, 1.807) is 6.07 Å². The van der Waals surface area contributed by atoms with E-state index in [0.29, 0.717) is 5.69 Å². The number of carbonyl (C=O) groups is 3. The van der Waals surface area contributed by atoms with Gasteiger partial charge in [-0.2, -0.15) is 0 Å². The number of nitrogens with two attached hydrogens (primary N) is 1. The quantitative estimate of drug-likeness (QED) is 0.512. The first-order valence-corrected chi connectivity index (χ1v) is 9.89. The van der Waals surface area contributed by atoms with Gasteiger partial charge in [0.15, 0.2) is 0 Å². The number of Topliss-reactive ketones (excluding diaryl/α,β-unsaturated/α-hetero) is 1. The molecule has 0 fully saturated rings. The number of hydrogen-bond donors (Lipinski definition) is 1. The van der Waals surface area contributed by atoms with E-state index in [2.05, 4.69) is 30.3 Å². The Hall–Kier alpha value is -4.25. The number of benzene rings is 4. The summed E-state index contributed by atoms with van der Waals surface area (Å²) in [5.74, 6) is -1.85. The molecule has 4 aromatic carbocycles. The molecule has 1 aliphatic rings. The summed E-state index contributed by atoms with van der Waals surface area (Å²) in [6.07, 6.45) is 0. The van der Waals surface area contributed by atoms with Crippen molar-refractivity contribution in [2.45, 2.75) is 6.54 Å². The summed E-state index contributed by atoms with van der Waals surface area (Å²) >= 11 is 0. The van der Waals surface area contributed by atoms with Crippen molar-refractivity contribution >= 4 is 34.1 Å². The summed E-state index contributed by atoms with van der Waals surface area (Å²) in [5.41, 5.74) is 9.43. The molecule has 0 aromatic heterocycles. The molecule has 31 heavy (non-hydrogen) atoms. The minimum absolute atomic E-state index is 0.210. The molecule has 0 saturated heterocycles. The smallest absolute Gasteiger partial charge is 0.299 e. The molecule has 0 saturated carbocycles. The molecule has 150 valence electrons. The number of anilines is 1. The van der Waals surface area contributed by atoms with Crippen LogP contribution >= 0.6 is 0 Å². The summed E-state index contributed by atoms with van der Waals surface area (Å²) in [6, 6.07) is 27.0. The molecule has 2 N–H and O–H groups in total. The van der Waals surface area contributed by atoms with E-state index in [4.69, 9.17) is 5.73 Å². The third kappa shape index (κ3) is 3.26. The predicted octanol–water partition coefficient (Wildman–Crippen LogP) is 4.34. The van der Waals surface area contributed by atoms with E-state index in [1.807, 2.05) is 36.4 Å². The van der Waals surface area contributed by atoms with Gasteiger partial charge in [-0.05, 0) is 57.8 Å². The molecule has 5 heteroatoms. The van der Waals surface area contributed by atoms with Gasteiger partial charge in [0, 0.05) is 5.56 Å². The maximum Gasteiger partial charge on any atom is 0.299 e. The van der Waals surface area contributed by atoms with Crippen LogP contribution in [0.15, 0.2) is 84.9 Å². The number of carbonyl (C=O) groups excluding carboxylic acids is 3. The Bertz CT molecular complexity index is 1380. The number of ketones is 1. The van der Waals surface area contributed by atoms with Gasteiger partial charge in [0.1, 0.15) is 0 Å². The molecular formula is C26H18N2O3. The molecular weight excluding hydrogens is 388 g/mol. The van der Waals surface area contributed by atoms with Crippen molar-refractivity contribution < 1.29 is 14.4 Å². The molecule has 0 spiro atoms. The van der Waals surface area contributed by atoms with Crippen LogP contribution in [-0.4, -0.2) is 17.6 Å². The normalized spacial score (nSPS) is 13.0. The molecule has 0 radical (unpaired) electrons. The first-order valence-electron chi connectivity index (χ1n) is 9.89. The van der Waals surface area contributed by atoms with Crippen molar-refractivity contribution in [1.82, 2.24) is 0 Å². The van der Waals surface area contributed by atoms with Gasteiger partial charge in [-0.1, -0.05) is 54.6 Å². The van der Waals surface area contributed by atoms with Gasteiger partial charge in [0.25, 0.3) is 11.7 Å². The van der Waals surface area contributed by atoms with Crippen LogP contribution in [0, 0.1) is 0 Å². The van der Waals surface area contributed by atoms with E-state index < -0.39 is 17.6 Å². The highest BCUT2D eigenvalue weighted by Gasteiger charge is 2.36. The Balaban J connectivity index is 1.46. The first-order chi connectivity index (χ1) is 15.0. The number of hydrogen-bond acceptors (Lipinski definition) is 3. The second kappa shape index (κ2) is 7.22. The monoisotopic (exact) mass is 406 g/mol. The molecule has 0 unspecified atom stereocenters. The van der Waals surface area contributed by atoms with Crippen LogP contribution in [0.3, 0.4) is 0 Å². The molecule has 4 aromatic rings. The predicted molar refractivity (Wildman–Crippen MR) is 120 cm³/mol. The highest BCUT2D eigenvalue weighted by Crippen LogP contribution is 2.32. The lowest BCUT2D eigenvalue weighted by Gasteiger charge is -2.17. The van der Waals surface area contributed by atoms with Crippen LogP contribution in [0.25, 0.3) is 21.9 Å². The summed E-state index contributed by atoms with van der Waals surface area (Å²) < 4.78 is 0. The average Bonchev–Trinajstić information content (AvgIpc) is 3.03. The minimum Gasteiger partial charge on any atom is -0.366 e. The van der Waals surface area contributed by atoms with Crippen LogP contribution in [0.2, 0.25) is 0 Å². The zero-order chi connectivity index (χ0) is 21.5. The van der Waals surface area contributed by atoms with E-state index in [1.165, 1.54) is 17.0 Å². The van der Waals surface area contributed by atoms with Gasteiger partial charge in [0.05, 0.1) is 17.8 Å². The van der Waals surface area contributed by atoms with Crippen LogP contribution < -0.4 is 10.6 Å². The lowest BCUT2D eigenvalue weighted by atomic mass is 10.00. The van der Waals surface area contributed by atoms with Crippen LogP contribution in [0.4, 0.5) is 5.69 Å². The Kier molecular flexibility index (Phi) is 4.37. The summed E-state index contributed by atoms with van der Waals surface area (Å²) in [5, 5.41) is 2.15. The topological polar surface area (TPSA) is 80.5 Å². The fourth-order valence-electron chi connectivity index (χ4n) is 4.00. The van der Waals surface area contributed by atoms with E-state index in [0.717, 1.165) is 27.5 Å². The maximum atomic E-state index is 12.6. The largest absolute Gasteiger partial charge is 0.366 e. The fourth-order valence-corrected chi connectivity index (χ4v) is 4.00. The highest BCUT2D eigenvalue weighted by atomic mass is 16.2. The van der Waals surface area contributed by atoms with Gasteiger partial charge >= 0.3 is 0 Å². The van der Waals surface area contributed by atoms with Crippen molar-refractivity contribution in [2.24, 2.45) is 5.73 Å². The number of primary amides is 1. The van der Waals surface area contributed by atoms with Crippen molar-refractivity contribution in [1.29, 1.82) is 0 Å². The number of nitrogens with zero attached hydrogens (tertiary/aromatic N) is 1. The summed E-state index contributed by atoms with van der Waals surface area (Å²) in [4.78, 5) is 37.8. The van der Waals surface area contributed by atoms with Crippen molar-refractivity contribution in [3.05, 3.63) is 102 Å². The molecule has 5 rings (SSSR count). The Morgan fingerprint density at radius 1 is 0.774 bits per heavy atom. The van der Waals surface area contributed by atoms with Gasteiger partial charge < -0.3 is 10.6 Å². The lowest BCUT2D eigenvalue weighted by Crippen LogP contribution is -2.29. The average molecular weight is 406 g/mol. The van der Waals surface area contributed by atoms with Gasteiger partial charge in [-0.3, -0.25) is 14.4 Å². The van der Waals surface area contributed by atoms with E-state index in [-0.39, 0.29) is 17.7 Å². The van der Waals surface area contributed by atoms with Gasteiger partial charge in [-0.15, -0.1) is 0 Å². The van der Waals surface area contributed by atoms with Crippen molar-refractivity contribution in [3.8, 4) is 11.1 Å². The molecule has 1 aliphatic heterocycles. The van der Waals surface area contributed by atoms with Crippen molar-refractivity contribution in [3.63, 3.8) is 0 Å². The molecule has 2 amide bonds. The lowest BCUT2D eigenvalue weighted by molar-refractivity contribution is -0.114. The molecule has 1 heterocycles. The van der Waals surface area contributed by atoms with Crippen LogP contribution in [-0.2, 0) is 11.3 Å². The highest BCUT2D eigenvalue weighted by molar-refractivity contribution is 6.52. The molecule has 0 atom stereocenters. The Morgan fingerprint density at radius 2 is 1.52 bits per heavy atom. The van der Waals surface area contributed by atoms with Gasteiger partial charge in [0.2, 0.25) is 5.91 Å². The minimum atomic E-state index is -0.633. The Labute approximate surface area is 178 Å².